The maximum Gasteiger partial charge on any atom is 0.229 e. The van der Waals surface area contributed by atoms with E-state index in [4.69, 9.17) is 0 Å². The summed E-state index contributed by atoms with van der Waals surface area (Å²) in [5.74, 6) is 1.32. The maximum absolute atomic E-state index is 4.43. The number of H-pyrrole nitrogens is 1. The van der Waals surface area contributed by atoms with E-state index in [0.29, 0.717) is 5.95 Å². The quantitative estimate of drug-likeness (QED) is 0.527. The fourth-order valence-corrected chi connectivity index (χ4v) is 1.94. The average molecular weight is 332 g/mol. The zero-order valence-electron chi connectivity index (χ0n) is 13.2. The molecule has 0 unspecified atom stereocenters. The van der Waals surface area contributed by atoms with Crippen LogP contribution in [0, 0.1) is 0 Å². The van der Waals surface area contributed by atoms with Crippen molar-refractivity contribution in [3.63, 3.8) is 0 Å². The molecule has 3 N–H and O–H groups in total. The van der Waals surface area contributed by atoms with E-state index in [-0.39, 0.29) is 0 Å². The normalized spacial score (nSPS) is 9.60. The Kier molecular flexibility index (Phi) is 5.61. The lowest BCUT2D eigenvalue weighted by atomic mass is 10.3. The van der Waals surface area contributed by atoms with Crippen molar-refractivity contribution in [2.75, 3.05) is 10.6 Å². The van der Waals surface area contributed by atoms with Crippen molar-refractivity contribution in [3.05, 3.63) is 79.3 Å². The molecule has 0 aliphatic heterocycles. The lowest BCUT2D eigenvalue weighted by Crippen LogP contribution is -2.00. The van der Waals surface area contributed by atoms with E-state index >= 15 is 0 Å². The highest BCUT2D eigenvalue weighted by atomic mass is 15.5. The molecule has 4 aromatic rings. The first-order chi connectivity index (χ1) is 12.4. The second-order valence-electron chi connectivity index (χ2n) is 4.81. The van der Waals surface area contributed by atoms with Gasteiger partial charge >= 0.3 is 0 Å². The Bertz CT molecular complexity index is 776. The molecule has 0 fully saturated rings. The number of anilines is 4. The van der Waals surface area contributed by atoms with Gasteiger partial charge in [0, 0.05) is 17.6 Å². The van der Waals surface area contributed by atoms with Gasteiger partial charge in [-0.3, -0.25) is 0 Å². The number of hydrogen-bond acceptors (Lipinski definition) is 7. The highest BCUT2D eigenvalue weighted by Crippen LogP contribution is 2.16. The first kappa shape index (κ1) is 16.1. The molecule has 0 aliphatic rings. The zero-order valence-corrected chi connectivity index (χ0v) is 13.2. The van der Waals surface area contributed by atoms with Crippen molar-refractivity contribution >= 4 is 23.1 Å². The van der Waals surface area contributed by atoms with Crippen molar-refractivity contribution in [2.24, 2.45) is 0 Å². The fourth-order valence-electron chi connectivity index (χ4n) is 1.94. The number of hydrogen-bond donors (Lipinski definition) is 3. The molecule has 8 nitrogen and oxygen atoms in total. The van der Waals surface area contributed by atoms with E-state index in [2.05, 4.69) is 41.2 Å². The van der Waals surface area contributed by atoms with Crippen molar-refractivity contribution in [3.8, 4) is 0 Å². The van der Waals surface area contributed by atoms with Crippen LogP contribution < -0.4 is 10.6 Å². The first-order valence-corrected chi connectivity index (χ1v) is 7.54. The number of nitrogens with one attached hydrogen (secondary N) is 3. The summed E-state index contributed by atoms with van der Waals surface area (Å²) >= 11 is 0. The van der Waals surface area contributed by atoms with Gasteiger partial charge in [0.15, 0.2) is 0 Å². The van der Waals surface area contributed by atoms with E-state index < -0.39 is 0 Å². The van der Waals surface area contributed by atoms with E-state index in [9.17, 15) is 0 Å². The Morgan fingerprint density at radius 2 is 1.44 bits per heavy atom. The summed E-state index contributed by atoms with van der Waals surface area (Å²) in [7, 11) is 0. The van der Waals surface area contributed by atoms with Gasteiger partial charge in [-0.15, -0.1) is 5.10 Å². The topological polar surface area (TPSA) is 104 Å². The molecular weight excluding hydrogens is 316 g/mol. The molecule has 4 rings (SSSR count). The minimum atomic E-state index is 0.567. The van der Waals surface area contributed by atoms with Crippen LogP contribution in [-0.2, 0) is 0 Å². The predicted molar refractivity (Wildman–Crippen MR) is 95.7 cm³/mol. The van der Waals surface area contributed by atoms with Crippen molar-refractivity contribution < 1.29 is 0 Å². The third-order valence-corrected chi connectivity index (χ3v) is 3.00. The van der Waals surface area contributed by atoms with Crippen LogP contribution >= 0.6 is 0 Å². The summed E-state index contributed by atoms with van der Waals surface area (Å²) in [5, 5.41) is 18.5. The lowest BCUT2D eigenvalue weighted by Gasteiger charge is -2.08. The van der Waals surface area contributed by atoms with Gasteiger partial charge in [0.05, 0.1) is 0 Å². The molecule has 124 valence electrons. The van der Waals surface area contributed by atoms with Gasteiger partial charge in [-0.1, -0.05) is 36.4 Å². The molecule has 0 amide bonds. The molecule has 0 saturated carbocycles. The molecule has 0 saturated heterocycles. The monoisotopic (exact) mass is 332 g/mol. The van der Waals surface area contributed by atoms with E-state index in [1.807, 2.05) is 66.7 Å². The number of tetrazole rings is 1. The van der Waals surface area contributed by atoms with Gasteiger partial charge in [-0.25, -0.2) is 10.1 Å². The van der Waals surface area contributed by atoms with Crippen LogP contribution in [0.1, 0.15) is 0 Å². The van der Waals surface area contributed by atoms with Crippen molar-refractivity contribution in [2.45, 2.75) is 0 Å². The Balaban J connectivity index is 0.000000314. The SMILES string of the molecule is c1ccc(Nc2ccnc(Nc3ccccc3)n2)cc1.c1nnn[nH]1. The molecule has 0 atom stereocenters. The highest BCUT2D eigenvalue weighted by Gasteiger charge is 2.00. The summed E-state index contributed by atoms with van der Waals surface area (Å²) in [4.78, 5) is 8.64. The molecule has 2 aromatic carbocycles. The van der Waals surface area contributed by atoms with Gasteiger partial charge in [0.1, 0.15) is 12.1 Å². The molecule has 0 aliphatic carbocycles. The van der Waals surface area contributed by atoms with Gasteiger partial charge in [-0.05, 0) is 40.8 Å². The summed E-state index contributed by atoms with van der Waals surface area (Å²) in [6, 6.07) is 21.6. The molecule has 25 heavy (non-hydrogen) atoms. The number of nitrogens with zero attached hydrogens (tertiary/aromatic N) is 5. The molecule has 2 aromatic heterocycles. The van der Waals surface area contributed by atoms with Gasteiger partial charge < -0.3 is 10.6 Å². The van der Waals surface area contributed by atoms with Crippen molar-refractivity contribution in [1.29, 1.82) is 0 Å². The summed E-state index contributed by atoms with van der Waals surface area (Å²) < 4.78 is 0. The lowest BCUT2D eigenvalue weighted by molar-refractivity contribution is 0.881. The summed E-state index contributed by atoms with van der Waals surface area (Å²) in [6.07, 6.45) is 3.13. The largest absolute Gasteiger partial charge is 0.340 e. The molecule has 0 bridgehead atoms. The Morgan fingerprint density at radius 3 is 2.00 bits per heavy atom. The first-order valence-electron chi connectivity index (χ1n) is 7.54. The van der Waals surface area contributed by atoms with Gasteiger partial charge in [0.25, 0.3) is 0 Å². The summed E-state index contributed by atoms with van der Waals surface area (Å²) in [6.45, 7) is 0. The molecular formula is C17H16N8. The van der Waals surface area contributed by atoms with Crippen LogP contribution in [0.5, 0.6) is 0 Å². The van der Waals surface area contributed by atoms with Gasteiger partial charge in [-0.2, -0.15) is 4.98 Å². The Hall–Kier alpha value is -3.81. The highest BCUT2D eigenvalue weighted by molar-refractivity contribution is 5.59. The van der Waals surface area contributed by atoms with Crippen LogP contribution in [0.3, 0.4) is 0 Å². The molecule has 0 radical (unpaired) electrons. The Labute approximate surface area is 144 Å². The van der Waals surface area contributed by atoms with Crippen LogP contribution in [0.2, 0.25) is 0 Å². The third kappa shape index (κ3) is 5.39. The third-order valence-electron chi connectivity index (χ3n) is 3.00. The molecule has 8 heteroatoms. The minimum Gasteiger partial charge on any atom is -0.340 e. The zero-order chi connectivity index (χ0) is 17.2. The predicted octanol–water partition coefficient (Wildman–Crippen LogP) is 3.16. The van der Waals surface area contributed by atoms with Crippen molar-refractivity contribution in [1.82, 2.24) is 30.6 Å². The van der Waals surface area contributed by atoms with Crippen LogP contribution in [-0.4, -0.2) is 30.6 Å². The van der Waals surface area contributed by atoms with Crippen LogP contribution in [0.25, 0.3) is 0 Å². The fraction of sp³-hybridized carbons (Fsp3) is 0. The smallest absolute Gasteiger partial charge is 0.229 e. The standard InChI is InChI=1S/C16H14N4.CH2N4/c1-3-7-13(8-4-1)18-15-11-12-17-16(20-15)19-14-9-5-2-6-10-14;1-2-4-5-3-1/h1-12H,(H2,17,18,19,20);1H,(H,2,3,4,5). The maximum atomic E-state index is 4.43. The van der Waals surface area contributed by atoms with Gasteiger partial charge in [0.2, 0.25) is 5.95 Å². The van der Waals surface area contributed by atoms with E-state index in [1.54, 1.807) is 6.20 Å². The second kappa shape index (κ2) is 8.73. The number of para-hydroxylation sites is 2. The number of aromatic amines is 1. The second-order valence-corrected chi connectivity index (χ2v) is 4.81. The molecule has 0 spiro atoms. The number of aromatic nitrogens is 6. The van der Waals surface area contributed by atoms with Crippen LogP contribution in [0.15, 0.2) is 79.3 Å². The average Bonchev–Trinajstić information content (AvgIpc) is 3.24. The molecule has 2 heterocycles. The number of benzene rings is 2. The Morgan fingerprint density at radius 1 is 0.760 bits per heavy atom. The summed E-state index contributed by atoms with van der Waals surface area (Å²) in [5.41, 5.74) is 1.96. The number of rotatable bonds is 4. The van der Waals surface area contributed by atoms with E-state index in [0.717, 1.165) is 17.2 Å². The van der Waals surface area contributed by atoms with E-state index in [1.165, 1.54) is 6.33 Å². The van der Waals surface area contributed by atoms with Crippen LogP contribution in [0.4, 0.5) is 23.1 Å². The minimum absolute atomic E-state index is 0.567.